The highest BCUT2D eigenvalue weighted by Crippen LogP contribution is 2.11. The van der Waals surface area contributed by atoms with Crippen molar-refractivity contribution in [2.24, 2.45) is 0 Å². The summed E-state index contributed by atoms with van der Waals surface area (Å²) in [6.45, 7) is 5.86. The predicted molar refractivity (Wildman–Crippen MR) is 51.8 cm³/mol. The first-order chi connectivity index (χ1) is 6.29. The topological polar surface area (TPSA) is 23.8 Å². The number of rotatable bonds is 1. The Balaban J connectivity index is 0.000000671. The molecule has 2 heteroatoms. The zero-order chi connectivity index (χ0) is 10.3. The molecule has 0 spiro atoms. The first-order valence-electron chi connectivity index (χ1n) is 4.47. The van der Waals surface area contributed by atoms with Gasteiger partial charge in [-0.15, -0.1) is 0 Å². The first kappa shape index (κ1) is 11.6. The largest absolute Gasteiger partial charge is 0.205 e. The van der Waals surface area contributed by atoms with Crippen molar-refractivity contribution in [3.63, 3.8) is 0 Å². The Morgan fingerprint density at radius 3 is 2.46 bits per heavy atom. The zero-order valence-electron chi connectivity index (χ0n) is 8.26. The number of hydrogen-bond donors (Lipinski definition) is 0. The standard InChI is InChI=1S/C9H8FN.C2H6/c1-2-7-4-3-5-8(6-11)9(7)10;1-2/h3-5H,2H2,1H3;1-2H3. The van der Waals surface area contributed by atoms with Crippen LogP contribution in [0.15, 0.2) is 18.2 Å². The van der Waals surface area contributed by atoms with E-state index in [0.717, 1.165) is 0 Å². The van der Waals surface area contributed by atoms with Crippen molar-refractivity contribution in [1.29, 1.82) is 5.26 Å². The SMILES string of the molecule is CC.CCc1cccc(C#N)c1F. The minimum absolute atomic E-state index is 0.129. The normalized spacial score (nSPS) is 8.23. The van der Waals surface area contributed by atoms with Crippen LogP contribution in [0.4, 0.5) is 4.39 Å². The fourth-order valence-electron chi connectivity index (χ4n) is 0.939. The molecule has 0 bridgehead atoms. The molecule has 1 aromatic carbocycles. The molecule has 0 amide bonds. The van der Waals surface area contributed by atoms with E-state index in [4.69, 9.17) is 5.26 Å². The summed E-state index contributed by atoms with van der Waals surface area (Å²) in [5, 5.41) is 8.45. The van der Waals surface area contributed by atoms with Crippen LogP contribution in [0.2, 0.25) is 0 Å². The predicted octanol–water partition coefficient (Wildman–Crippen LogP) is 3.29. The third-order valence-corrected chi connectivity index (χ3v) is 1.58. The molecule has 0 saturated carbocycles. The number of halogens is 1. The van der Waals surface area contributed by atoms with Gasteiger partial charge in [-0.25, -0.2) is 4.39 Å². The van der Waals surface area contributed by atoms with E-state index in [1.165, 1.54) is 6.07 Å². The monoisotopic (exact) mass is 179 g/mol. The maximum atomic E-state index is 13.1. The minimum atomic E-state index is -0.377. The van der Waals surface area contributed by atoms with Gasteiger partial charge in [-0.05, 0) is 18.1 Å². The number of benzene rings is 1. The van der Waals surface area contributed by atoms with Gasteiger partial charge in [0.2, 0.25) is 0 Å². The molecule has 0 aliphatic carbocycles. The number of nitriles is 1. The van der Waals surface area contributed by atoms with Gasteiger partial charge in [-0.2, -0.15) is 5.26 Å². The number of aryl methyl sites for hydroxylation is 1. The van der Waals surface area contributed by atoms with Gasteiger partial charge >= 0.3 is 0 Å². The van der Waals surface area contributed by atoms with Crippen molar-refractivity contribution < 1.29 is 4.39 Å². The van der Waals surface area contributed by atoms with Crippen LogP contribution in [0, 0.1) is 17.1 Å². The summed E-state index contributed by atoms with van der Waals surface area (Å²) in [7, 11) is 0. The molecule has 1 rings (SSSR count). The summed E-state index contributed by atoms with van der Waals surface area (Å²) in [4.78, 5) is 0. The number of nitrogens with zero attached hydrogens (tertiary/aromatic N) is 1. The van der Waals surface area contributed by atoms with E-state index in [0.29, 0.717) is 12.0 Å². The third-order valence-electron chi connectivity index (χ3n) is 1.58. The van der Waals surface area contributed by atoms with E-state index >= 15 is 0 Å². The molecular weight excluding hydrogens is 165 g/mol. The van der Waals surface area contributed by atoms with Crippen molar-refractivity contribution in [3.05, 3.63) is 35.1 Å². The lowest BCUT2D eigenvalue weighted by Crippen LogP contribution is -1.90. The van der Waals surface area contributed by atoms with Gasteiger partial charge in [0, 0.05) is 0 Å². The molecule has 70 valence electrons. The molecule has 0 heterocycles. The smallest absolute Gasteiger partial charge is 0.144 e. The molecule has 0 radical (unpaired) electrons. The van der Waals surface area contributed by atoms with Gasteiger partial charge in [-0.3, -0.25) is 0 Å². The van der Waals surface area contributed by atoms with E-state index < -0.39 is 0 Å². The van der Waals surface area contributed by atoms with Gasteiger partial charge in [0.15, 0.2) is 0 Å². The highest BCUT2D eigenvalue weighted by Gasteiger charge is 2.03. The molecule has 0 aliphatic rings. The van der Waals surface area contributed by atoms with E-state index in [-0.39, 0.29) is 11.4 Å². The number of hydrogen-bond acceptors (Lipinski definition) is 1. The Morgan fingerprint density at radius 2 is 2.00 bits per heavy atom. The van der Waals surface area contributed by atoms with Crippen LogP contribution in [0.25, 0.3) is 0 Å². The Bertz CT molecular complexity index is 299. The lowest BCUT2D eigenvalue weighted by Gasteiger charge is -1.98. The van der Waals surface area contributed by atoms with Crippen molar-refractivity contribution >= 4 is 0 Å². The van der Waals surface area contributed by atoms with Crippen LogP contribution in [-0.4, -0.2) is 0 Å². The van der Waals surface area contributed by atoms with E-state index in [1.807, 2.05) is 20.8 Å². The zero-order valence-corrected chi connectivity index (χ0v) is 8.26. The van der Waals surface area contributed by atoms with E-state index in [1.54, 1.807) is 18.2 Å². The lowest BCUT2D eigenvalue weighted by atomic mass is 10.1. The highest BCUT2D eigenvalue weighted by molar-refractivity contribution is 5.34. The Hall–Kier alpha value is -1.36. The van der Waals surface area contributed by atoms with Crippen LogP contribution >= 0.6 is 0 Å². The molecule has 0 N–H and O–H groups in total. The second-order valence-corrected chi connectivity index (χ2v) is 2.24. The molecule has 13 heavy (non-hydrogen) atoms. The summed E-state index contributed by atoms with van der Waals surface area (Å²) < 4.78 is 13.1. The van der Waals surface area contributed by atoms with Crippen molar-refractivity contribution in [2.45, 2.75) is 27.2 Å². The average Bonchev–Trinajstić information content (AvgIpc) is 2.21. The summed E-state index contributed by atoms with van der Waals surface area (Å²) in [6, 6.07) is 6.66. The summed E-state index contributed by atoms with van der Waals surface area (Å²) in [5.41, 5.74) is 0.730. The average molecular weight is 179 g/mol. The van der Waals surface area contributed by atoms with Crippen molar-refractivity contribution in [3.8, 4) is 6.07 Å². The first-order valence-corrected chi connectivity index (χ1v) is 4.47. The maximum absolute atomic E-state index is 13.1. The fraction of sp³-hybridized carbons (Fsp3) is 0.364. The van der Waals surface area contributed by atoms with Gasteiger partial charge < -0.3 is 0 Å². The summed E-state index contributed by atoms with van der Waals surface area (Å²) >= 11 is 0. The molecule has 0 atom stereocenters. The van der Waals surface area contributed by atoms with Crippen molar-refractivity contribution in [2.75, 3.05) is 0 Å². The molecular formula is C11H14FN. The molecule has 0 aromatic heterocycles. The molecule has 1 aromatic rings. The lowest BCUT2D eigenvalue weighted by molar-refractivity contribution is 0.608. The Kier molecular flexibility index (Phi) is 5.54. The van der Waals surface area contributed by atoms with Crippen LogP contribution < -0.4 is 0 Å². The van der Waals surface area contributed by atoms with Gasteiger partial charge in [0.25, 0.3) is 0 Å². The quantitative estimate of drug-likeness (QED) is 0.649. The van der Waals surface area contributed by atoms with Gasteiger partial charge in [-0.1, -0.05) is 32.9 Å². The third kappa shape index (κ3) is 2.87. The van der Waals surface area contributed by atoms with Crippen LogP contribution in [0.5, 0.6) is 0 Å². The Morgan fingerprint density at radius 1 is 1.38 bits per heavy atom. The highest BCUT2D eigenvalue weighted by atomic mass is 19.1. The molecule has 0 saturated heterocycles. The maximum Gasteiger partial charge on any atom is 0.144 e. The second kappa shape index (κ2) is 6.19. The molecule has 1 nitrogen and oxygen atoms in total. The van der Waals surface area contributed by atoms with Crippen LogP contribution in [0.3, 0.4) is 0 Å². The second-order valence-electron chi connectivity index (χ2n) is 2.24. The van der Waals surface area contributed by atoms with Crippen molar-refractivity contribution in [1.82, 2.24) is 0 Å². The van der Waals surface area contributed by atoms with Crippen LogP contribution in [-0.2, 0) is 6.42 Å². The van der Waals surface area contributed by atoms with Gasteiger partial charge in [0.05, 0.1) is 5.56 Å². The molecule has 0 unspecified atom stereocenters. The summed E-state index contributed by atoms with van der Waals surface area (Å²) in [5.74, 6) is -0.377. The van der Waals surface area contributed by atoms with Crippen LogP contribution in [0.1, 0.15) is 31.9 Å². The summed E-state index contributed by atoms with van der Waals surface area (Å²) in [6.07, 6.45) is 0.626. The van der Waals surface area contributed by atoms with E-state index in [9.17, 15) is 4.39 Å². The molecule has 0 aliphatic heterocycles. The Labute approximate surface area is 78.8 Å². The van der Waals surface area contributed by atoms with E-state index in [2.05, 4.69) is 0 Å². The fourth-order valence-corrected chi connectivity index (χ4v) is 0.939. The minimum Gasteiger partial charge on any atom is -0.205 e. The van der Waals surface area contributed by atoms with Gasteiger partial charge in [0.1, 0.15) is 11.9 Å². The molecule has 0 fully saturated rings.